The van der Waals surface area contributed by atoms with E-state index in [1.807, 2.05) is 24.3 Å². The molecular weight excluding hydrogens is 1410 g/mol. The van der Waals surface area contributed by atoms with Crippen molar-refractivity contribution in [3.05, 3.63) is 201 Å². The molecule has 4 heterocycles. The van der Waals surface area contributed by atoms with E-state index in [2.05, 4.69) is 141 Å². The normalized spacial score (nSPS) is 28.1. The summed E-state index contributed by atoms with van der Waals surface area (Å²) in [5.74, 6) is -10.0. The van der Waals surface area contributed by atoms with Crippen LogP contribution in [0.5, 0.6) is 0 Å². The first-order chi connectivity index (χ1) is 53.0. The van der Waals surface area contributed by atoms with E-state index in [9.17, 15) is 43.8 Å². The molecule has 11 N–H and O–H groups in total. The lowest BCUT2D eigenvalue weighted by atomic mass is 9.78. The Kier molecular flexibility index (Phi) is 25.4. The van der Waals surface area contributed by atoms with Gasteiger partial charge in [0, 0.05) is 39.4 Å². The zero-order valence-electron chi connectivity index (χ0n) is 67.0. The number of hydrogen-bond donors (Lipinski definition) is 8. The predicted molar refractivity (Wildman–Crippen MR) is 442 cm³/mol. The molecule has 20 heteroatoms. The fourth-order valence-electron chi connectivity index (χ4n) is 14.4. The number of ether oxygens (including phenoxy) is 4. The largest absolute Gasteiger partial charge is 0.465 e. The summed E-state index contributed by atoms with van der Waals surface area (Å²) < 4.78 is 23.0. The Morgan fingerprint density at radius 1 is 0.375 bits per heavy atom. The van der Waals surface area contributed by atoms with Crippen LogP contribution in [-0.2, 0) is 79.0 Å². The minimum absolute atomic E-state index is 0.0609. The van der Waals surface area contributed by atoms with Gasteiger partial charge in [0.2, 0.25) is 23.6 Å². The summed E-state index contributed by atoms with van der Waals surface area (Å²) in [6.07, 6.45) is 25.3. The number of hydrogen-bond acceptors (Lipinski definition) is 16. The quantitative estimate of drug-likeness (QED) is 0.0683. The number of nitrogens with one attached hydrogen (secondary N) is 5. The third-order valence-corrected chi connectivity index (χ3v) is 21.9. The number of fused-ring (bicyclic) bond motifs is 22. The van der Waals surface area contributed by atoms with E-state index >= 15 is 0 Å². The highest BCUT2D eigenvalue weighted by atomic mass is 16.5. The Hall–Kier alpha value is -10.6. The van der Waals surface area contributed by atoms with Crippen LogP contribution in [0.4, 0.5) is 22.7 Å². The van der Waals surface area contributed by atoms with Gasteiger partial charge in [0.15, 0.2) is 0 Å². The van der Waals surface area contributed by atoms with Crippen LogP contribution in [0.15, 0.2) is 157 Å². The molecule has 9 aliphatic rings. The molecule has 0 aromatic heterocycles. The number of benzene rings is 4. The average Bonchev–Trinajstić information content (AvgIpc) is 0.937. The monoisotopic (exact) mass is 1520 g/mol. The Morgan fingerprint density at radius 3 is 1.07 bits per heavy atom. The molecular formula is C92H112N8O12. The highest BCUT2D eigenvalue weighted by Gasteiger charge is 2.53. The van der Waals surface area contributed by atoms with Gasteiger partial charge in [-0.1, -0.05) is 174 Å². The molecule has 13 rings (SSSR count). The van der Waals surface area contributed by atoms with Crippen molar-refractivity contribution in [2.24, 2.45) is 64.5 Å². The van der Waals surface area contributed by atoms with Crippen LogP contribution in [0.2, 0.25) is 0 Å². The van der Waals surface area contributed by atoms with Crippen LogP contribution >= 0.6 is 0 Å². The Morgan fingerprint density at radius 2 is 0.705 bits per heavy atom. The smallest absolute Gasteiger partial charge is 0.309 e. The third-order valence-electron chi connectivity index (χ3n) is 21.9. The first-order valence-electron chi connectivity index (χ1n) is 39.7. The molecule has 4 bridgehead atoms. The first-order valence-corrected chi connectivity index (χ1v) is 39.7. The molecule has 4 aromatic carbocycles. The van der Waals surface area contributed by atoms with Crippen molar-refractivity contribution in [1.29, 1.82) is 5.41 Å². The lowest BCUT2D eigenvalue weighted by Crippen LogP contribution is -2.22. The molecule has 4 aliphatic heterocycles. The van der Waals surface area contributed by atoms with Gasteiger partial charge < -0.3 is 62.8 Å². The standard InChI is InChI=1S/C92H112N8O12/c1-89(2,3)57-43-55(44-58(47-57)90(4,5)6)53-27-21-31-69(93)77-71(95)33-23-29-54(56-45-59(91(7,8)9)48-60(46-56)92(10,11)12)30-24-34-72(96)78(70(94)32-22-28-53)80-74-36-26-38-76(80)100-84(104)64-52-68(64)88(108)112-42-20-16-15-19-41-111-87(107)67-51-63(67)83(103)99-75-37-25-35-73(79(75)77)97-81(101)61-49-65(61)85(105)109-39-17-13-14-18-40-110-86(106)66-50-62(66)82(102)98-74/h21-29,31-38,43-48,61-68,93H,13-20,30,39-42,49-52,94-96H2,1-12H3,(H,97,101)(H,98,102)(H,99,103)(H,100,104)/b28-22+,31-21-,33-23-,34-24-,53-27-,54-29-,70-32-,77-71+,78-72+,93-69?/t61-,62?,63?,64?,65?,66?,67?,68-/m1/s1. The summed E-state index contributed by atoms with van der Waals surface area (Å²) >= 11 is 0. The topological polar surface area (TPSA) is 324 Å². The second-order valence-electron chi connectivity index (χ2n) is 35.0. The fraction of sp³-hybridized carbons (Fsp3) is 0.446. The van der Waals surface area contributed by atoms with Gasteiger partial charge in [-0.15, -0.1) is 0 Å². The van der Waals surface area contributed by atoms with E-state index in [0.29, 0.717) is 56.9 Å². The van der Waals surface area contributed by atoms with Crippen LogP contribution in [0.1, 0.15) is 211 Å². The zero-order valence-corrected chi connectivity index (χ0v) is 67.0. The summed E-state index contributed by atoms with van der Waals surface area (Å²) in [5, 5.41) is 22.8. The summed E-state index contributed by atoms with van der Waals surface area (Å²) in [5.41, 5.74) is 30.5. The van der Waals surface area contributed by atoms with E-state index < -0.39 is 94.8 Å². The second-order valence-corrected chi connectivity index (χ2v) is 35.0. The van der Waals surface area contributed by atoms with Gasteiger partial charge in [-0.05, 0) is 198 Å². The highest BCUT2D eigenvalue weighted by molar-refractivity contribution is 6.32. The van der Waals surface area contributed by atoms with Gasteiger partial charge >= 0.3 is 23.9 Å². The number of carbonyl (C=O) groups is 8. The van der Waals surface area contributed by atoms with Crippen LogP contribution < -0.4 is 38.5 Å². The molecule has 20 nitrogen and oxygen atoms in total. The van der Waals surface area contributed by atoms with Crippen molar-refractivity contribution in [2.45, 2.75) is 188 Å². The number of allylic oxidation sites excluding steroid dienone is 15. The SMILES string of the molecule is CC(C)(C)c1cc(C2=C\C=C/C(=N)/C3=C(N)/C=C\C=C(/c4cc(C(C)(C)C)cc(C(C)(C)C)c4)C/C=C\C(N)=C(\C(N)=C\C=C\2)c2c4cccc2NC(=O)C2C[C@H]2C(=O)OCCCCCCOC(=O)C2CC2C(=O)Nc2cccc(c23)NC(=O)[C@@H]2CC2C(=O)OCCCCCCOC(=O)C2CC2C(=O)N4)cc(C(C)(C)C)c1. The second kappa shape index (κ2) is 34.5. The van der Waals surface area contributed by atoms with Gasteiger partial charge in [-0.25, -0.2) is 0 Å². The lowest BCUT2D eigenvalue weighted by Gasteiger charge is -2.26. The van der Waals surface area contributed by atoms with E-state index in [0.717, 1.165) is 39.0 Å². The summed E-state index contributed by atoms with van der Waals surface area (Å²) in [4.78, 5) is 114. The average molecular weight is 1520 g/mol. The fourth-order valence-corrected chi connectivity index (χ4v) is 14.4. The summed E-state index contributed by atoms with van der Waals surface area (Å²) in [7, 11) is 0. The van der Waals surface area contributed by atoms with E-state index in [1.165, 1.54) is 0 Å². The molecule has 0 saturated heterocycles. The van der Waals surface area contributed by atoms with E-state index in [-0.39, 0.29) is 148 Å². The first kappa shape index (κ1) is 82.3. The molecule has 0 spiro atoms. The number of anilines is 4. The minimum Gasteiger partial charge on any atom is -0.465 e. The van der Waals surface area contributed by atoms with E-state index in [4.69, 9.17) is 36.1 Å². The van der Waals surface area contributed by atoms with Crippen molar-refractivity contribution < 1.29 is 57.3 Å². The maximum atomic E-state index is 14.8. The highest BCUT2D eigenvalue weighted by Crippen LogP contribution is 2.48. The molecule has 6 unspecified atom stereocenters. The van der Waals surface area contributed by atoms with Gasteiger partial charge in [-0.2, -0.15) is 0 Å². The Bertz CT molecular complexity index is 4480. The van der Waals surface area contributed by atoms with Crippen molar-refractivity contribution in [2.75, 3.05) is 47.7 Å². The van der Waals surface area contributed by atoms with Crippen LogP contribution in [0, 0.1) is 52.8 Å². The van der Waals surface area contributed by atoms with Crippen molar-refractivity contribution in [3.8, 4) is 0 Å². The predicted octanol–water partition coefficient (Wildman–Crippen LogP) is 16.2. The molecule has 0 radical (unpaired) electrons. The third kappa shape index (κ3) is 20.7. The molecule has 592 valence electrons. The van der Waals surface area contributed by atoms with Crippen LogP contribution in [-0.4, -0.2) is 79.6 Å². The zero-order chi connectivity index (χ0) is 80.7. The molecule has 4 amide bonds. The maximum absolute atomic E-state index is 14.8. The molecule has 8 atom stereocenters. The molecule has 5 aliphatic carbocycles. The Balaban J connectivity index is 1.18. The van der Waals surface area contributed by atoms with Crippen LogP contribution in [0.25, 0.3) is 22.3 Å². The number of esters is 4. The number of nitrogens with two attached hydrogens (primary N) is 3. The van der Waals surface area contributed by atoms with Gasteiger partial charge in [0.1, 0.15) is 0 Å². The van der Waals surface area contributed by atoms with Crippen LogP contribution in [0.3, 0.4) is 0 Å². The van der Waals surface area contributed by atoms with Gasteiger partial charge in [0.25, 0.3) is 0 Å². The van der Waals surface area contributed by atoms with Gasteiger partial charge in [0.05, 0.1) is 102 Å². The Labute approximate surface area is 659 Å². The number of amides is 4. The lowest BCUT2D eigenvalue weighted by molar-refractivity contribution is -0.147. The summed E-state index contributed by atoms with van der Waals surface area (Å²) in [6, 6.07) is 23.0. The molecule has 4 saturated carbocycles. The summed E-state index contributed by atoms with van der Waals surface area (Å²) in [6.45, 7) is 26.2. The van der Waals surface area contributed by atoms with Gasteiger partial charge in [-0.3, -0.25) is 38.4 Å². The maximum Gasteiger partial charge on any atom is 0.309 e. The number of carbonyl (C=O) groups excluding carboxylic acids is 8. The van der Waals surface area contributed by atoms with Crippen molar-refractivity contribution in [3.63, 3.8) is 0 Å². The molecule has 4 aromatic rings. The minimum atomic E-state index is -0.778. The van der Waals surface area contributed by atoms with Crippen molar-refractivity contribution >= 4 is 98.3 Å². The van der Waals surface area contributed by atoms with E-state index in [1.54, 1.807) is 78.9 Å². The molecule has 4 fully saturated rings. The van der Waals surface area contributed by atoms with Crippen molar-refractivity contribution in [1.82, 2.24) is 0 Å². The molecule has 112 heavy (non-hydrogen) atoms. The number of rotatable bonds is 2.